The second kappa shape index (κ2) is 5.47. The lowest BCUT2D eigenvalue weighted by atomic mass is 10.2. The Morgan fingerprint density at radius 1 is 1.47 bits per heavy atom. The molecule has 1 atom stereocenters. The lowest BCUT2D eigenvalue weighted by Gasteiger charge is -2.10. The van der Waals surface area contributed by atoms with Crippen LogP contribution in [0.2, 0.25) is 0 Å². The monoisotopic (exact) mass is 263 g/mol. The number of aromatic nitrogens is 1. The van der Waals surface area contributed by atoms with Crippen LogP contribution >= 0.6 is 0 Å². The van der Waals surface area contributed by atoms with Gasteiger partial charge in [0.15, 0.2) is 0 Å². The van der Waals surface area contributed by atoms with Gasteiger partial charge in [0.2, 0.25) is 11.8 Å². The number of carbonyl (C=O) groups is 3. The first-order valence-electron chi connectivity index (χ1n) is 5.81. The molecule has 1 aliphatic rings. The van der Waals surface area contributed by atoms with Crippen molar-refractivity contribution in [3.63, 3.8) is 0 Å². The number of nitrogens with one attached hydrogen (secondary N) is 2. The van der Waals surface area contributed by atoms with Gasteiger partial charge in [-0.05, 0) is 18.6 Å². The molecule has 0 saturated carbocycles. The van der Waals surface area contributed by atoms with Crippen LogP contribution in [0.4, 0.5) is 5.69 Å². The maximum Gasteiger partial charge on any atom is 0.309 e. The molecule has 2 heterocycles. The highest BCUT2D eigenvalue weighted by Gasteiger charge is 2.27. The van der Waals surface area contributed by atoms with Crippen molar-refractivity contribution >= 4 is 23.5 Å². The van der Waals surface area contributed by atoms with Gasteiger partial charge in [0, 0.05) is 6.42 Å². The van der Waals surface area contributed by atoms with Gasteiger partial charge in [0.1, 0.15) is 6.04 Å². The summed E-state index contributed by atoms with van der Waals surface area (Å²) in [6.07, 6.45) is 2.07. The number of pyridine rings is 1. The third-order valence-corrected chi connectivity index (χ3v) is 2.74. The summed E-state index contributed by atoms with van der Waals surface area (Å²) in [5.41, 5.74) is 0.889. The molecule has 0 aromatic carbocycles. The van der Waals surface area contributed by atoms with Gasteiger partial charge in [-0.25, -0.2) is 0 Å². The molecule has 7 nitrogen and oxygen atoms in total. The second-order valence-electron chi connectivity index (χ2n) is 4.26. The van der Waals surface area contributed by atoms with Gasteiger partial charge < -0.3 is 15.7 Å². The van der Waals surface area contributed by atoms with Crippen molar-refractivity contribution < 1.29 is 19.5 Å². The lowest BCUT2D eigenvalue weighted by Crippen LogP contribution is -2.37. The summed E-state index contributed by atoms with van der Waals surface area (Å²) in [6, 6.07) is 2.61. The second-order valence-corrected chi connectivity index (χ2v) is 4.26. The van der Waals surface area contributed by atoms with Crippen LogP contribution in [0.15, 0.2) is 18.3 Å². The fourth-order valence-electron chi connectivity index (χ4n) is 1.80. The van der Waals surface area contributed by atoms with Crippen LogP contribution < -0.4 is 10.6 Å². The Morgan fingerprint density at radius 2 is 2.26 bits per heavy atom. The van der Waals surface area contributed by atoms with Crippen molar-refractivity contribution in [2.45, 2.75) is 25.3 Å². The Hall–Kier alpha value is -2.44. The predicted octanol–water partition coefficient (Wildman–Crippen LogP) is -0.0742. The van der Waals surface area contributed by atoms with E-state index >= 15 is 0 Å². The standard InChI is InChI=1S/C12H13N3O4/c16-10-4-3-9(15-10)12(19)14-8-2-1-7(13-6-8)5-11(17)18/h1-2,6,9H,3-5H2,(H,14,19)(H,15,16)(H,17,18)/t9-/m0/s1. The van der Waals surface area contributed by atoms with E-state index in [2.05, 4.69) is 15.6 Å². The highest BCUT2D eigenvalue weighted by atomic mass is 16.4. The smallest absolute Gasteiger partial charge is 0.309 e. The first kappa shape index (κ1) is 13.0. The largest absolute Gasteiger partial charge is 0.481 e. The molecule has 0 bridgehead atoms. The van der Waals surface area contributed by atoms with Crippen molar-refractivity contribution in [3.8, 4) is 0 Å². The number of nitrogens with zero attached hydrogens (tertiary/aromatic N) is 1. The van der Waals surface area contributed by atoms with Gasteiger partial charge in [-0.15, -0.1) is 0 Å². The molecule has 1 fully saturated rings. The minimum Gasteiger partial charge on any atom is -0.481 e. The number of hydrogen-bond acceptors (Lipinski definition) is 4. The number of amides is 2. The number of carbonyl (C=O) groups excluding carboxylic acids is 2. The molecule has 1 aromatic rings. The molecule has 2 amide bonds. The molecular formula is C12H13N3O4. The molecule has 0 radical (unpaired) electrons. The van der Waals surface area contributed by atoms with Gasteiger partial charge >= 0.3 is 5.97 Å². The molecule has 3 N–H and O–H groups in total. The van der Waals surface area contributed by atoms with E-state index in [1.807, 2.05) is 0 Å². The van der Waals surface area contributed by atoms with Crippen LogP contribution in [0, 0.1) is 0 Å². The summed E-state index contributed by atoms with van der Waals surface area (Å²) in [6.45, 7) is 0. The number of hydrogen-bond donors (Lipinski definition) is 3. The van der Waals surface area contributed by atoms with E-state index in [1.165, 1.54) is 12.3 Å². The van der Waals surface area contributed by atoms with Crippen LogP contribution in [-0.4, -0.2) is 33.9 Å². The van der Waals surface area contributed by atoms with E-state index in [0.29, 0.717) is 24.2 Å². The first-order chi connectivity index (χ1) is 9.04. The number of rotatable bonds is 4. The fraction of sp³-hybridized carbons (Fsp3) is 0.333. The van der Waals surface area contributed by atoms with Crippen molar-refractivity contribution in [3.05, 3.63) is 24.0 Å². The molecule has 7 heteroatoms. The number of aliphatic carboxylic acids is 1. The van der Waals surface area contributed by atoms with E-state index in [-0.39, 0.29) is 18.2 Å². The van der Waals surface area contributed by atoms with Gasteiger partial charge in [-0.1, -0.05) is 0 Å². The van der Waals surface area contributed by atoms with E-state index in [9.17, 15) is 14.4 Å². The van der Waals surface area contributed by atoms with Crippen LogP contribution in [0.3, 0.4) is 0 Å². The fourth-order valence-corrected chi connectivity index (χ4v) is 1.80. The Balaban J connectivity index is 1.94. The van der Waals surface area contributed by atoms with E-state index < -0.39 is 12.0 Å². The summed E-state index contributed by atoms with van der Waals surface area (Å²) in [5, 5.41) is 13.8. The topological polar surface area (TPSA) is 108 Å². The molecule has 19 heavy (non-hydrogen) atoms. The van der Waals surface area contributed by atoms with Crippen molar-refractivity contribution in [2.24, 2.45) is 0 Å². The van der Waals surface area contributed by atoms with Gasteiger partial charge in [-0.2, -0.15) is 0 Å². The quantitative estimate of drug-likeness (QED) is 0.704. The molecule has 1 aliphatic heterocycles. The first-order valence-corrected chi connectivity index (χ1v) is 5.81. The molecular weight excluding hydrogens is 250 g/mol. The summed E-state index contributed by atoms with van der Waals surface area (Å²) >= 11 is 0. The highest BCUT2D eigenvalue weighted by Crippen LogP contribution is 2.11. The zero-order chi connectivity index (χ0) is 13.8. The lowest BCUT2D eigenvalue weighted by molar-refractivity contribution is -0.136. The zero-order valence-corrected chi connectivity index (χ0v) is 10.0. The third-order valence-electron chi connectivity index (χ3n) is 2.74. The summed E-state index contributed by atoms with van der Waals surface area (Å²) < 4.78 is 0. The predicted molar refractivity (Wildman–Crippen MR) is 65.4 cm³/mol. The van der Waals surface area contributed by atoms with Crippen LogP contribution in [0.25, 0.3) is 0 Å². The van der Waals surface area contributed by atoms with Crippen molar-refractivity contribution in [1.29, 1.82) is 0 Å². The molecule has 1 saturated heterocycles. The minimum absolute atomic E-state index is 0.130. The summed E-state index contributed by atoms with van der Waals surface area (Å²) in [7, 11) is 0. The zero-order valence-electron chi connectivity index (χ0n) is 10.0. The molecule has 0 aliphatic carbocycles. The minimum atomic E-state index is -0.960. The average Bonchev–Trinajstić information content (AvgIpc) is 2.78. The highest BCUT2D eigenvalue weighted by molar-refractivity contribution is 5.98. The maximum atomic E-state index is 11.8. The Bertz CT molecular complexity index is 512. The normalized spacial score (nSPS) is 17.9. The Kier molecular flexibility index (Phi) is 3.74. The molecule has 0 unspecified atom stereocenters. The van der Waals surface area contributed by atoms with Crippen LogP contribution in [-0.2, 0) is 20.8 Å². The molecule has 100 valence electrons. The third kappa shape index (κ3) is 3.51. The maximum absolute atomic E-state index is 11.8. The van der Waals surface area contributed by atoms with E-state index in [0.717, 1.165) is 0 Å². The molecule has 1 aromatic heterocycles. The van der Waals surface area contributed by atoms with Crippen LogP contribution in [0.1, 0.15) is 18.5 Å². The number of carboxylic acids is 1. The van der Waals surface area contributed by atoms with Gasteiger partial charge in [0.25, 0.3) is 0 Å². The number of carboxylic acid groups (broad SMARTS) is 1. The van der Waals surface area contributed by atoms with E-state index in [4.69, 9.17) is 5.11 Å². The Labute approximate surface area is 109 Å². The average molecular weight is 263 g/mol. The van der Waals surface area contributed by atoms with Crippen LogP contribution in [0.5, 0.6) is 0 Å². The molecule has 0 spiro atoms. The van der Waals surface area contributed by atoms with Crippen molar-refractivity contribution in [1.82, 2.24) is 10.3 Å². The van der Waals surface area contributed by atoms with Crippen molar-refractivity contribution in [2.75, 3.05) is 5.32 Å². The van der Waals surface area contributed by atoms with Gasteiger partial charge in [-0.3, -0.25) is 19.4 Å². The van der Waals surface area contributed by atoms with E-state index in [1.54, 1.807) is 6.07 Å². The molecule has 2 rings (SSSR count). The Morgan fingerprint density at radius 3 is 2.79 bits per heavy atom. The summed E-state index contributed by atoms with van der Waals surface area (Å²) in [4.78, 5) is 37.2. The van der Waals surface area contributed by atoms with Gasteiger partial charge in [0.05, 0.1) is 24.0 Å². The SMILES string of the molecule is O=C(O)Cc1ccc(NC(=O)[C@@H]2CCC(=O)N2)cn1. The number of anilines is 1. The summed E-state index contributed by atoms with van der Waals surface area (Å²) in [5.74, 6) is -1.38.